The lowest BCUT2D eigenvalue weighted by Crippen LogP contribution is -2.29. The van der Waals surface area contributed by atoms with E-state index in [0.717, 1.165) is 6.07 Å². The van der Waals surface area contributed by atoms with Crippen LogP contribution < -0.4 is 5.32 Å². The number of aliphatic carboxylic acids is 1. The van der Waals surface area contributed by atoms with Crippen LogP contribution in [0.2, 0.25) is 0 Å². The minimum atomic E-state index is -0.819. The number of hydrogen-bond acceptors (Lipinski definition) is 4. The average Bonchev–Trinajstić information content (AvgIpc) is 2.41. The zero-order valence-electron chi connectivity index (χ0n) is 10.7. The van der Waals surface area contributed by atoms with E-state index in [1.807, 2.05) is 0 Å². The zero-order valence-corrected chi connectivity index (χ0v) is 10.7. The second kappa shape index (κ2) is 5.85. The molecule has 1 aliphatic carbocycles. The highest BCUT2D eigenvalue weighted by atomic mass is 19.1. The van der Waals surface area contributed by atoms with Gasteiger partial charge >= 0.3 is 5.97 Å². The summed E-state index contributed by atoms with van der Waals surface area (Å²) in [6.45, 7) is 0. The lowest BCUT2D eigenvalue weighted by atomic mass is 9.86. The second-order valence-corrected chi connectivity index (χ2v) is 4.92. The Morgan fingerprint density at radius 3 is 2.55 bits per heavy atom. The molecule has 20 heavy (non-hydrogen) atoms. The van der Waals surface area contributed by atoms with Crippen molar-refractivity contribution in [2.75, 3.05) is 5.32 Å². The van der Waals surface area contributed by atoms with Crippen LogP contribution in [0.1, 0.15) is 25.7 Å². The number of halogens is 1. The Morgan fingerprint density at radius 1 is 1.35 bits per heavy atom. The van der Waals surface area contributed by atoms with Crippen molar-refractivity contribution in [3.05, 3.63) is 34.1 Å². The van der Waals surface area contributed by atoms with E-state index in [0.29, 0.717) is 25.7 Å². The fourth-order valence-corrected chi connectivity index (χ4v) is 2.50. The molecular weight excluding hydrogens is 267 g/mol. The van der Waals surface area contributed by atoms with Crippen LogP contribution in [0, 0.1) is 21.8 Å². The number of nitrogens with one attached hydrogen (secondary N) is 1. The Bertz CT molecular complexity index is 527. The minimum absolute atomic E-state index is 0.115. The third-order valence-corrected chi connectivity index (χ3v) is 3.61. The summed E-state index contributed by atoms with van der Waals surface area (Å²) in [6, 6.07) is 3.56. The first-order chi connectivity index (χ1) is 9.49. The third kappa shape index (κ3) is 3.04. The van der Waals surface area contributed by atoms with Crippen molar-refractivity contribution in [3.63, 3.8) is 0 Å². The lowest BCUT2D eigenvalue weighted by molar-refractivity contribution is -0.384. The molecule has 1 aliphatic rings. The summed E-state index contributed by atoms with van der Waals surface area (Å²) in [6.07, 6.45) is 2.11. The van der Waals surface area contributed by atoms with Crippen molar-refractivity contribution >= 4 is 17.3 Å². The molecule has 2 rings (SSSR count). The maximum Gasteiger partial charge on any atom is 0.306 e. The number of anilines is 1. The van der Waals surface area contributed by atoms with Gasteiger partial charge in [-0.3, -0.25) is 14.9 Å². The Kier molecular flexibility index (Phi) is 4.16. The van der Waals surface area contributed by atoms with Gasteiger partial charge in [0.25, 0.3) is 5.69 Å². The summed E-state index contributed by atoms with van der Waals surface area (Å²) >= 11 is 0. The van der Waals surface area contributed by atoms with E-state index >= 15 is 0 Å². The molecule has 1 fully saturated rings. The largest absolute Gasteiger partial charge is 0.481 e. The van der Waals surface area contributed by atoms with Crippen LogP contribution in [0.15, 0.2) is 18.2 Å². The molecule has 0 radical (unpaired) electrons. The van der Waals surface area contributed by atoms with Gasteiger partial charge < -0.3 is 10.4 Å². The molecule has 0 unspecified atom stereocenters. The number of carboxylic acids is 1. The first-order valence-corrected chi connectivity index (χ1v) is 6.41. The standard InChI is InChI=1S/C13H15FN2O4/c14-10-2-1-3-11(16(19)20)12(10)15-9-6-4-8(5-7-9)13(17)18/h1-3,8-9,15H,4-7H2,(H,17,18). The Morgan fingerprint density at radius 2 is 2.00 bits per heavy atom. The van der Waals surface area contributed by atoms with Crippen LogP contribution in [-0.4, -0.2) is 22.0 Å². The summed E-state index contributed by atoms with van der Waals surface area (Å²) < 4.78 is 13.7. The SMILES string of the molecule is O=C(O)C1CCC(Nc2c(F)cccc2[N+](=O)[O-])CC1. The number of nitro groups is 1. The predicted octanol–water partition coefficient (Wildman–Crippen LogP) is 2.79. The van der Waals surface area contributed by atoms with Crippen molar-refractivity contribution in [1.29, 1.82) is 0 Å². The minimum Gasteiger partial charge on any atom is -0.481 e. The van der Waals surface area contributed by atoms with Crippen LogP contribution in [0.25, 0.3) is 0 Å². The lowest BCUT2D eigenvalue weighted by Gasteiger charge is -2.27. The van der Waals surface area contributed by atoms with E-state index in [1.165, 1.54) is 12.1 Å². The average molecular weight is 282 g/mol. The van der Waals surface area contributed by atoms with E-state index in [1.54, 1.807) is 0 Å². The molecule has 0 atom stereocenters. The van der Waals surface area contributed by atoms with Gasteiger partial charge in [0, 0.05) is 12.1 Å². The van der Waals surface area contributed by atoms with Gasteiger partial charge in [0.15, 0.2) is 5.82 Å². The van der Waals surface area contributed by atoms with Gasteiger partial charge in [-0.05, 0) is 31.7 Å². The molecule has 1 aromatic rings. The van der Waals surface area contributed by atoms with E-state index in [-0.39, 0.29) is 23.3 Å². The van der Waals surface area contributed by atoms with Gasteiger partial charge in [0.2, 0.25) is 0 Å². The summed E-state index contributed by atoms with van der Waals surface area (Å²) in [4.78, 5) is 21.1. The van der Waals surface area contributed by atoms with Crippen LogP contribution >= 0.6 is 0 Å². The van der Waals surface area contributed by atoms with Crippen molar-refractivity contribution in [1.82, 2.24) is 0 Å². The molecule has 1 saturated carbocycles. The monoisotopic (exact) mass is 282 g/mol. The molecule has 7 heteroatoms. The number of benzene rings is 1. The molecular formula is C13H15FN2O4. The van der Waals surface area contributed by atoms with Gasteiger partial charge in [-0.15, -0.1) is 0 Å². The number of nitro benzene ring substituents is 1. The third-order valence-electron chi connectivity index (χ3n) is 3.61. The smallest absolute Gasteiger partial charge is 0.306 e. The van der Waals surface area contributed by atoms with E-state index < -0.39 is 16.7 Å². The first-order valence-electron chi connectivity index (χ1n) is 6.41. The second-order valence-electron chi connectivity index (χ2n) is 4.92. The molecule has 0 spiro atoms. The molecule has 108 valence electrons. The molecule has 2 N–H and O–H groups in total. The number of para-hydroxylation sites is 1. The molecule has 1 aromatic carbocycles. The molecule has 0 aliphatic heterocycles. The fraction of sp³-hybridized carbons (Fsp3) is 0.462. The normalized spacial score (nSPS) is 22.2. The summed E-state index contributed by atoms with van der Waals surface area (Å²) in [5, 5.41) is 22.6. The Labute approximate surface area is 114 Å². The molecule has 0 heterocycles. The highest BCUT2D eigenvalue weighted by Crippen LogP contribution is 2.32. The van der Waals surface area contributed by atoms with Crippen LogP contribution in [-0.2, 0) is 4.79 Å². The number of carbonyl (C=O) groups is 1. The maximum atomic E-state index is 13.7. The topological polar surface area (TPSA) is 92.5 Å². The van der Waals surface area contributed by atoms with Crippen molar-refractivity contribution in [2.45, 2.75) is 31.7 Å². The fourth-order valence-electron chi connectivity index (χ4n) is 2.50. The Hall–Kier alpha value is -2.18. The zero-order chi connectivity index (χ0) is 14.7. The summed E-state index contributed by atoms with van der Waals surface area (Å²) in [7, 11) is 0. The van der Waals surface area contributed by atoms with E-state index in [9.17, 15) is 19.3 Å². The highest BCUT2D eigenvalue weighted by Gasteiger charge is 2.28. The maximum absolute atomic E-state index is 13.7. The Balaban J connectivity index is 2.08. The van der Waals surface area contributed by atoms with Gasteiger partial charge in [-0.1, -0.05) is 6.07 Å². The van der Waals surface area contributed by atoms with Crippen molar-refractivity contribution in [2.24, 2.45) is 5.92 Å². The number of rotatable bonds is 4. The number of nitrogens with zero attached hydrogens (tertiary/aromatic N) is 1. The van der Waals surface area contributed by atoms with Gasteiger partial charge in [-0.2, -0.15) is 0 Å². The quantitative estimate of drug-likeness (QED) is 0.654. The molecule has 6 nitrogen and oxygen atoms in total. The number of hydrogen-bond donors (Lipinski definition) is 2. The summed E-state index contributed by atoms with van der Waals surface area (Å²) in [5.41, 5.74) is -0.415. The molecule has 0 saturated heterocycles. The van der Waals surface area contributed by atoms with Gasteiger partial charge in [0.05, 0.1) is 10.8 Å². The molecule has 0 aromatic heterocycles. The van der Waals surface area contributed by atoms with Crippen LogP contribution in [0.3, 0.4) is 0 Å². The van der Waals surface area contributed by atoms with Gasteiger partial charge in [0.1, 0.15) is 5.69 Å². The van der Waals surface area contributed by atoms with Crippen molar-refractivity contribution < 1.29 is 19.2 Å². The first kappa shape index (κ1) is 14.2. The van der Waals surface area contributed by atoms with E-state index in [2.05, 4.69) is 5.32 Å². The number of carboxylic acid groups (broad SMARTS) is 1. The van der Waals surface area contributed by atoms with Crippen molar-refractivity contribution in [3.8, 4) is 0 Å². The predicted molar refractivity (Wildman–Crippen MR) is 70.1 cm³/mol. The van der Waals surface area contributed by atoms with Crippen LogP contribution in [0.4, 0.5) is 15.8 Å². The van der Waals surface area contributed by atoms with Crippen LogP contribution in [0.5, 0.6) is 0 Å². The van der Waals surface area contributed by atoms with Gasteiger partial charge in [-0.25, -0.2) is 4.39 Å². The summed E-state index contributed by atoms with van der Waals surface area (Å²) in [5.74, 6) is -1.86. The molecule has 0 bridgehead atoms. The highest BCUT2D eigenvalue weighted by molar-refractivity contribution is 5.70. The van der Waals surface area contributed by atoms with E-state index in [4.69, 9.17) is 5.11 Å². The molecule has 0 amide bonds.